The van der Waals surface area contributed by atoms with Crippen LogP contribution in [0.5, 0.6) is 0 Å². The third-order valence-electron chi connectivity index (χ3n) is 3.87. The van der Waals surface area contributed by atoms with Crippen LogP contribution >= 0.6 is 11.3 Å². The van der Waals surface area contributed by atoms with Crippen molar-refractivity contribution in [1.29, 1.82) is 0 Å². The summed E-state index contributed by atoms with van der Waals surface area (Å²) >= 11 is 1.51. The van der Waals surface area contributed by atoms with Gasteiger partial charge in [-0.15, -0.1) is 11.3 Å². The van der Waals surface area contributed by atoms with Crippen LogP contribution in [0.2, 0.25) is 0 Å². The minimum absolute atomic E-state index is 0.0972. The molecule has 1 aromatic carbocycles. The molecule has 0 bridgehead atoms. The minimum Gasteiger partial charge on any atom is -0.339 e. The maximum absolute atomic E-state index is 12.4. The van der Waals surface area contributed by atoms with Crippen molar-refractivity contribution in [3.05, 3.63) is 41.3 Å². The lowest BCUT2D eigenvalue weighted by molar-refractivity contribution is 0.0778. The predicted molar refractivity (Wildman–Crippen MR) is 91.3 cm³/mol. The topological polar surface area (TPSA) is 38.1 Å². The smallest absolute Gasteiger partial charge is 0.263 e. The molecule has 0 spiro atoms. The Morgan fingerprint density at radius 3 is 2.59 bits per heavy atom. The molecule has 0 N–H and O–H groups in total. The molecule has 3 aromatic rings. The van der Waals surface area contributed by atoms with E-state index < -0.39 is 0 Å². The zero-order valence-electron chi connectivity index (χ0n) is 13.0. The Balaban J connectivity index is 1.99. The third-order valence-corrected chi connectivity index (χ3v) is 4.94. The van der Waals surface area contributed by atoms with Gasteiger partial charge in [-0.2, -0.15) is 0 Å². The zero-order chi connectivity index (χ0) is 15.7. The molecule has 114 valence electrons. The molecule has 0 aliphatic heterocycles. The highest BCUT2D eigenvalue weighted by Crippen LogP contribution is 2.30. The van der Waals surface area contributed by atoms with Crippen molar-refractivity contribution >= 4 is 28.3 Å². The maximum atomic E-state index is 12.4. The van der Waals surface area contributed by atoms with Crippen molar-refractivity contribution < 1.29 is 4.79 Å². The molecule has 0 radical (unpaired) electrons. The van der Waals surface area contributed by atoms with E-state index in [4.69, 9.17) is 0 Å². The molecule has 1 amide bonds. The van der Waals surface area contributed by atoms with Crippen molar-refractivity contribution in [3.8, 4) is 10.7 Å². The van der Waals surface area contributed by atoms with Gasteiger partial charge in [0.05, 0.1) is 20.8 Å². The summed E-state index contributed by atoms with van der Waals surface area (Å²) in [6.07, 6.45) is 0. The Bertz CT molecular complexity index is 814. The number of para-hydroxylation sites is 2. The summed E-state index contributed by atoms with van der Waals surface area (Å²) in [4.78, 5) is 20.7. The van der Waals surface area contributed by atoms with Crippen molar-refractivity contribution in [2.75, 3.05) is 13.1 Å². The first kappa shape index (κ1) is 14.8. The van der Waals surface area contributed by atoms with Crippen LogP contribution in [0.1, 0.15) is 23.5 Å². The monoisotopic (exact) mass is 313 g/mol. The molecule has 0 fully saturated rings. The van der Waals surface area contributed by atoms with Crippen LogP contribution in [0.25, 0.3) is 21.7 Å². The second-order valence-electron chi connectivity index (χ2n) is 5.12. The predicted octanol–water partition coefficient (Wildman–Crippen LogP) is 3.78. The molecule has 5 heteroatoms. The van der Waals surface area contributed by atoms with E-state index >= 15 is 0 Å². The van der Waals surface area contributed by atoms with Crippen molar-refractivity contribution in [2.24, 2.45) is 7.05 Å². The molecule has 22 heavy (non-hydrogen) atoms. The van der Waals surface area contributed by atoms with Gasteiger partial charge in [0, 0.05) is 20.1 Å². The van der Waals surface area contributed by atoms with E-state index in [1.54, 1.807) is 0 Å². The summed E-state index contributed by atoms with van der Waals surface area (Å²) < 4.78 is 2.08. The van der Waals surface area contributed by atoms with Crippen LogP contribution in [0.4, 0.5) is 0 Å². The fourth-order valence-corrected chi connectivity index (χ4v) is 3.60. The van der Waals surface area contributed by atoms with Crippen LogP contribution in [-0.2, 0) is 7.05 Å². The summed E-state index contributed by atoms with van der Waals surface area (Å²) in [6.45, 7) is 5.46. The van der Waals surface area contributed by atoms with Crippen LogP contribution in [0.15, 0.2) is 36.4 Å². The van der Waals surface area contributed by atoms with Gasteiger partial charge in [0.1, 0.15) is 0 Å². The van der Waals surface area contributed by atoms with Crippen LogP contribution < -0.4 is 0 Å². The first-order valence-electron chi connectivity index (χ1n) is 7.46. The number of thiophene rings is 1. The van der Waals surface area contributed by atoms with Gasteiger partial charge in [-0.05, 0) is 38.1 Å². The lowest BCUT2D eigenvalue weighted by Crippen LogP contribution is -2.29. The van der Waals surface area contributed by atoms with Crippen molar-refractivity contribution in [1.82, 2.24) is 14.5 Å². The Hall–Kier alpha value is -2.14. The summed E-state index contributed by atoms with van der Waals surface area (Å²) in [5.41, 5.74) is 2.08. The molecular weight excluding hydrogens is 294 g/mol. The Kier molecular flexibility index (Phi) is 3.98. The van der Waals surface area contributed by atoms with Crippen LogP contribution in [0.3, 0.4) is 0 Å². The zero-order valence-corrected chi connectivity index (χ0v) is 13.9. The van der Waals surface area contributed by atoms with E-state index in [2.05, 4.69) is 15.6 Å². The lowest BCUT2D eigenvalue weighted by Gasteiger charge is -2.17. The SMILES string of the molecule is CCN(CC)C(=O)c1ccc(-c2nc3ccccc3n2C)s1. The number of imidazole rings is 1. The number of benzene rings is 1. The van der Waals surface area contributed by atoms with Crippen LogP contribution in [-0.4, -0.2) is 33.4 Å². The van der Waals surface area contributed by atoms with E-state index in [-0.39, 0.29) is 5.91 Å². The maximum Gasteiger partial charge on any atom is 0.263 e. The van der Waals surface area contributed by atoms with Crippen LogP contribution in [0, 0.1) is 0 Å². The molecule has 3 rings (SSSR count). The number of carbonyl (C=O) groups excluding carboxylic acids is 1. The second kappa shape index (κ2) is 5.93. The fraction of sp³-hybridized carbons (Fsp3) is 0.294. The molecule has 0 unspecified atom stereocenters. The number of rotatable bonds is 4. The van der Waals surface area contributed by atoms with Gasteiger partial charge in [-0.1, -0.05) is 12.1 Å². The van der Waals surface area contributed by atoms with Gasteiger partial charge in [0.15, 0.2) is 5.82 Å². The normalized spacial score (nSPS) is 11.0. The van der Waals surface area contributed by atoms with Crippen molar-refractivity contribution in [2.45, 2.75) is 13.8 Å². The Labute approximate surface area is 134 Å². The average Bonchev–Trinajstić information content (AvgIpc) is 3.14. The highest BCUT2D eigenvalue weighted by atomic mass is 32.1. The second-order valence-corrected chi connectivity index (χ2v) is 6.21. The number of amides is 1. The van der Waals surface area contributed by atoms with E-state index in [0.29, 0.717) is 0 Å². The molecule has 0 atom stereocenters. The number of nitrogens with zero attached hydrogens (tertiary/aromatic N) is 3. The quantitative estimate of drug-likeness (QED) is 0.735. The number of aromatic nitrogens is 2. The molecular formula is C17H19N3OS. The fourth-order valence-electron chi connectivity index (χ4n) is 2.61. The first-order valence-corrected chi connectivity index (χ1v) is 8.28. The van der Waals surface area contributed by atoms with E-state index in [0.717, 1.165) is 39.7 Å². The molecule has 2 aromatic heterocycles. The Morgan fingerprint density at radius 2 is 1.91 bits per heavy atom. The minimum atomic E-state index is 0.0972. The molecule has 0 aliphatic carbocycles. The molecule has 4 nitrogen and oxygen atoms in total. The van der Waals surface area contributed by atoms with Gasteiger partial charge in [-0.25, -0.2) is 4.98 Å². The lowest BCUT2D eigenvalue weighted by atomic mass is 10.3. The largest absolute Gasteiger partial charge is 0.339 e. The summed E-state index contributed by atoms with van der Waals surface area (Å²) in [5.74, 6) is 1.00. The number of fused-ring (bicyclic) bond motifs is 1. The summed E-state index contributed by atoms with van der Waals surface area (Å²) in [6, 6.07) is 12.0. The van der Waals surface area contributed by atoms with Gasteiger partial charge in [0.25, 0.3) is 5.91 Å². The first-order chi connectivity index (χ1) is 10.7. The number of aryl methyl sites for hydroxylation is 1. The highest BCUT2D eigenvalue weighted by Gasteiger charge is 2.17. The van der Waals surface area contributed by atoms with Crippen molar-refractivity contribution in [3.63, 3.8) is 0 Å². The van der Waals surface area contributed by atoms with Gasteiger partial charge >= 0.3 is 0 Å². The highest BCUT2D eigenvalue weighted by molar-refractivity contribution is 7.17. The molecule has 0 saturated carbocycles. The van der Waals surface area contributed by atoms with Gasteiger partial charge < -0.3 is 9.47 Å². The van der Waals surface area contributed by atoms with E-state index in [1.807, 2.05) is 56.1 Å². The molecule has 0 saturated heterocycles. The molecule has 0 aliphatic rings. The average molecular weight is 313 g/mol. The standard InChI is InChI=1S/C17H19N3OS/c1-4-20(5-2)17(21)15-11-10-14(22-15)16-18-12-8-6-7-9-13(12)19(16)3/h6-11H,4-5H2,1-3H3. The number of carbonyl (C=O) groups is 1. The van der Waals surface area contributed by atoms with E-state index in [1.165, 1.54) is 11.3 Å². The third kappa shape index (κ3) is 2.41. The Morgan fingerprint density at radius 1 is 1.18 bits per heavy atom. The number of hydrogen-bond donors (Lipinski definition) is 0. The van der Waals surface area contributed by atoms with Gasteiger partial charge in [0.2, 0.25) is 0 Å². The summed E-state index contributed by atoms with van der Waals surface area (Å²) in [7, 11) is 2.01. The molecule has 2 heterocycles. The summed E-state index contributed by atoms with van der Waals surface area (Å²) in [5, 5.41) is 0. The van der Waals surface area contributed by atoms with Gasteiger partial charge in [-0.3, -0.25) is 4.79 Å². The number of hydrogen-bond acceptors (Lipinski definition) is 3. The van der Waals surface area contributed by atoms with E-state index in [9.17, 15) is 4.79 Å².